The molecule has 0 aliphatic carbocycles. The molecule has 2 saturated heterocycles. The lowest BCUT2D eigenvalue weighted by molar-refractivity contribution is -0.118. The summed E-state index contributed by atoms with van der Waals surface area (Å²) < 4.78 is 75.5. The Labute approximate surface area is 400 Å². The van der Waals surface area contributed by atoms with Crippen LogP contribution in [0.15, 0.2) is 54.1 Å². The Morgan fingerprint density at radius 1 is 1.01 bits per heavy atom. The second-order valence-corrected chi connectivity index (χ2v) is 26.2. The van der Waals surface area contributed by atoms with Gasteiger partial charge in [-0.25, -0.2) is 24.3 Å². The van der Waals surface area contributed by atoms with E-state index < -0.39 is 114 Å². The fourth-order valence-corrected chi connectivity index (χ4v) is 11.0. The average Bonchev–Trinajstić information content (AvgIpc) is 4.07. The van der Waals surface area contributed by atoms with Gasteiger partial charge in [-0.3, -0.25) is 47.4 Å². The van der Waals surface area contributed by atoms with E-state index in [1.165, 1.54) is 21.8 Å². The summed E-state index contributed by atoms with van der Waals surface area (Å²) in [4.78, 5) is 72.9. The van der Waals surface area contributed by atoms with E-state index in [1.807, 2.05) is 39.9 Å². The minimum Gasteiger partial charge on any atom is -0.408 e. The number of halogens is 1. The van der Waals surface area contributed by atoms with Gasteiger partial charge in [0.1, 0.15) is 36.8 Å². The fourth-order valence-electron chi connectivity index (χ4n) is 7.10. The molecular weight excluding hydrogens is 984 g/mol. The van der Waals surface area contributed by atoms with Crippen LogP contribution >= 0.6 is 15.0 Å². The van der Waals surface area contributed by atoms with Crippen LogP contribution in [-0.4, -0.2) is 126 Å². The Morgan fingerprint density at radius 2 is 1.70 bits per heavy atom. The number of carbonyl (C=O) groups excluding carboxylic acids is 2. The van der Waals surface area contributed by atoms with Gasteiger partial charge in [0.15, 0.2) is 55.1 Å². The maximum atomic E-state index is 16.9. The highest BCUT2D eigenvalue weighted by Crippen LogP contribution is 2.55. The topological polar surface area (TPSA) is 311 Å². The first-order valence-electron chi connectivity index (χ1n) is 21.5. The number of nitriles is 1. The molecule has 6 heterocycles. The number of fused-ring (bicyclic) bond motifs is 2. The zero-order valence-corrected chi connectivity index (χ0v) is 42.1. The van der Waals surface area contributed by atoms with Gasteiger partial charge in [-0.1, -0.05) is 52.8 Å². The summed E-state index contributed by atoms with van der Waals surface area (Å²) in [5.41, 5.74) is -0.410. The van der Waals surface area contributed by atoms with Gasteiger partial charge in [-0.2, -0.15) is 10.2 Å². The van der Waals surface area contributed by atoms with E-state index in [4.69, 9.17) is 43.8 Å². The molecule has 24 nitrogen and oxygen atoms in total. The third kappa shape index (κ3) is 11.4. The van der Waals surface area contributed by atoms with E-state index >= 15 is 4.39 Å². The third-order valence-corrected chi connectivity index (χ3v) is 19.0. The predicted molar refractivity (Wildman–Crippen MR) is 251 cm³/mol. The number of ether oxygens (including phenoxy) is 2. The van der Waals surface area contributed by atoms with E-state index in [9.17, 15) is 34.2 Å². The molecule has 0 bridgehead atoms. The number of aromatic nitrogens is 8. The van der Waals surface area contributed by atoms with Crippen molar-refractivity contribution in [2.24, 2.45) is 5.92 Å². The minimum absolute atomic E-state index is 0.0414. The van der Waals surface area contributed by atoms with Gasteiger partial charge in [0, 0.05) is 11.5 Å². The SMILES string of the molecule is CC(C)C(=O)Nc1nc2c(ncn2[C@@H]2O[C@H](COP(=S)(OCCC#N)O[C@H]3[C@@H](F)[C@H](n4cnc5c(NC(=O)c6ccccc6)ncnc54)O[C@@H]3CO)[C@@H](O[Si](C)(C)C(C)(C)C)[C@H]2O[PH](=O)O)c(=O)[nH]1. The average molecular weight is 1040 g/mol. The van der Waals surface area contributed by atoms with Gasteiger partial charge in [0.25, 0.3) is 11.5 Å². The van der Waals surface area contributed by atoms with Gasteiger partial charge in [-0.05, 0) is 42.1 Å². The molecule has 0 spiro atoms. The molecule has 0 saturated carbocycles. The zero-order chi connectivity index (χ0) is 50.0. The molecule has 372 valence electrons. The number of amides is 2. The number of anilines is 2. The number of hydrogen-bond donors (Lipinski definition) is 5. The van der Waals surface area contributed by atoms with Crippen molar-refractivity contribution in [1.82, 2.24) is 39.0 Å². The smallest absolute Gasteiger partial charge is 0.327 e. The van der Waals surface area contributed by atoms with Crippen LogP contribution in [0.5, 0.6) is 0 Å². The van der Waals surface area contributed by atoms with Gasteiger partial charge in [-0.15, -0.1) is 0 Å². The highest BCUT2D eigenvalue weighted by Gasteiger charge is 2.54. The number of hydrogen-bond acceptors (Lipinski definition) is 19. The fraction of sp³-hybridized carbons (Fsp3) is 0.525. The highest BCUT2D eigenvalue weighted by atomic mass is 32.5. The van der Waals surface area contributed by atoms with Gasteiger partial charge in [0.05, 0.1) is 45.0 Å². The number of carbonyl (C=O) groups is 2. The quantitative estimate of drug-likeness (QED) is 0.0427. The van der Waals surface area contributed by atoms with E-state index in [0.717, 1.165) is 6.33 Å². The first-order chi connectivity index (χ1) is 32.6. The van der Waals surface area contributed by atoms with Crippen molar-refractivity contribution in [3.8, 4) is 6.07 Å². The summed E-state index contributed by atoms with van der Waals surface area (Å²) in [6, 6.07) is 10.3. The Kier molecular flexibility index (Phi) is 16.1. The van der Waals surface area contributed by atoms with Crippen LogP contribution in [0.2, 0.25) is 18.1 Å². The standard InChI is InChI=1S/C40H52FN11O13P2SSi/c1-21(2)34(54)49-39-48-33-27(36(56)50-39)46-20-52(33)38-30(63-66(57)58)29(65-69(6,7)40(3,4)5)24(62-38)17-60-67(68,59-15-11-14-42)64-28-23(16-53)61-37(25(28)41)51-19-45-26-31(43-18-44-32(26)51)47-35(55)22-12-9-8-10-13-22/h8-10,12-13,18-21,23-25,28-30,37-38,53,66H,11,15-17H2,1-7H3,(H,57,58)(H,43,44,47,55)(H2,48,49,50,54,56)/t23-,24-,25-,28-,29-,30-,37-,38-,67?/m1/s1. The number of alkyl halides is 1. The second kappa shape index (κ2) is 21.3. The summed E-state index contributed by atoms with van der Waals surface area (Å²) in [6.07, 6.45) is -8.40. The van der Waals surface area contributed by atoms with Crippen LogP contribution in [-0.2, 0) is 53.2 Å². The van der Waals surface area contributed by atoms with Crippen molar-refractivity contribution >= 4 is 81.0 Å². The van der Waals surface area contributed by atoms with Crippen molar-refractivity contribution in [2.45, 2.75) is 108 Å². The molecule has 4 aromatic heterocycles. The molecular formula is C40H52FN11O13P2SSi. The first-order valence-corrected chi connectivity index (χ1v) is 28.3. The van der Waals surface area contributed by atoms with Gasteiger partial charge >= 0.3 is 15.0 Å². The molecule has 2 unspecified atom stereocenters. The summed E-state index contributed by atoms with van der Waals surface area (Å²) >= 11 is 5.86. The van der Waals surface area contributed by atoms with Crippen LogP contribution < -0.4 is 16.2 Å². The number of aliphatic hydroxyl groups excluding tert-OH is 1. The second-order valence-electron chi connectivity index (χ2n) is 17.8. The Hall–Kier alpha value is -4.78. The Bertz CT molecular complexity index is 2850. The molecule has 2 aliphatic rings. The maximum Gasteiger partial charge on any atom is 0.327 e. The number of aliphatic hydroxyl groups is 1. The summed E-state index contributed by atoms with van der Waals surface area (Å²) in [7, 11) is -6.58. The lowest BCUT2D eigenvalue weighted by Crippen LogP contribution is -2.50. The molecule has 2 fully saturated rings. The number of nitrogens with one attached hydrogen (secondary N) is 3. The number of imidazole rings is 2. The third-order valence-electron chi connectivity index (χ3n) is 11.7. The van der Waals surface area contributed by atoms with Crippen molar-refractivity contribution in [3.63, 3.8) is 0 Å². The van der Waals surface area contributed by atoms with E-state index in [-0.39, 0.29) is 47.1 Å². The van der Waals surface area contributed by atoms with Crippen LogP contribution in [0.25, 0.3) is 22.3 Å². The number of nitrogens with zero attached hydrogens (tertiary/aromatic N) is 8. The molecule has 10 atom stereocenters. The largest absolute Gasteiger partial charge is 0.408 e. The van der Waals surface area contributed by atoms with Crippen molar-refractivity contribution in [1.29, 1.82) is 5.26 Å². The molecule has 5 N–H and O–H groups in total. The van der Waals surface area contributed by atoms with Crippen LogP contribution in [0.3, 0.4) is 0 Å². The lowest BCUT2D eigenvalue weighted by atomic mass is 10.1. The summed E-state index contributed by atoms with van der Waals surface area (Å²) in [5, 5.41) is 24.7. The molecule has 29 heteroatoms. The van der Waals surface area contributed by atoms with Crippen LogP contribution in [0.1, 0.15) is 63.9 Å². The van der Waals surface area contributed by atoms with Crippen molar-refractivity contribution < 1.29 is 60.5 Å². The first kappa shape index (κ1) is 52.1. The molecule has 2 aliphatic heterocycles. The molecule has 7 rings (SSSR count). The number of rotatable bonds is 19. The number of H-pyrrole nitrogens is 1. The monoisotopic (exact) mass is 1040 g/mol. The zero-order valence-electron chi connectivity index (χ0n) is 38.3. The molecule has 69 heavy (non-hydrogen) atoms. The molecule has 5 aromatic rings. The van der Waals surface area contributed by atoms with Crippen LogP contribution in [0, 0.1) is 17.2 Å². The lowest BCUT2D eigenvalue weighted by Gasteiger charge is -2.40. The van der Waals surface area contributed by atoms with Gasteiger partial charge < -0.3 is 38.3 Å². The highest BCUT2D eigenvalue weighted by molar-refractivity contribution is 8.07. The number of aromatic amines is 1. The van der Waals surface area contributed by atoms with E-state index in [1.54, 1.807) is 44.2 Å². The van der Waals surface area contributed by atoms with Gasteiger partial charge in [0.2, 0.25) is 11.9 Å². The van der Waals surface area contributed by atoms with E-state index in [2.05, 4.69) is 40.5 Å². The summed E-state index contributed by atoms with van der Waals surface area (Å²) in [6.45, 7) is 7.25. The normalized spacial score (nSPS) is 24.4. The predicted octanol–water partition coefficient (Wildman–Crippen LogP) is 4.65. The Morgan fingerprint density at radius 3 is 2.35 bits per heavy atom. The maximum absolute atomic E-state index is 16.9. The molecule has 1 aromatic carbocycles. The molecule has 2 amide bonds. The summed E-state index contributed by atoms with van der Waals surface area (Å²) in [5.74, 6) is -1.54. The van der Waals surface area contributed by atoms with Crippen LogP contribution in [0.4, 0.5) is 16.2 Å². The van der Waals surface area contributed by atoms with Crippen molar-refractivity contribution in [2.75, 3.05) is 30.5 Å². The molecule has 0 radical (unpaired) electrons. The number of benzene rings is 1. The van der Waals surface area contributed by atoms with E-state index in [0.29, 0.717) is 5.56 Å². The minimum atomic E-state index is -4.19. The van der Waals surface area contributed by atoms with Crippen molar-refractivity contribution in [3.05, 3.63) is 65.2 Å². The Balaban J connectivity index is 1.19.